The van der Waals surface area contributed by atoms with E-state index >= 15 is 0 Å². The summed E-state index contributed by atoms with van der Waals surface area (Å²) in [5.74, 6) is -0.693. The van der Waals surface area contributed by atoms with Gasteiger partial charge in [0.05, 0.1) is 50.7 Å². The summed E-state index contributed by atoms with van der Waals surface area (Å²) in [6, 6.07) is 7.63. The SMILES string of the molecule is COc1cc(-c2cn(C)c(=O)c3c2CCN(C(=O)CCCN(C)CCOCCOc2cccc4c2C(=O)N(C2CCC(=O)NC2=O)C4=O)C3)cc(OC)c1CN(C)C. The van der Waals surface area contributed by atoms with Crippen molar-refractivity contribution in [2.45, 2.75) is 51.2 Å². The van der Waals surface area contributed by atoms with Gasteiger partial charge >= 0.3 is 0 Å². The zero-order chi connectivity index (χ0) is 41.7. The molecule has 1 atom stereocenters. The molecule has 3 aliphatic heterocycles. The molecule has 2 aromatic carbocycles. The van der Waals surface area contributed by atoms with E-state index in [1.165, 1.54) is 6.07 Å². The van der Waals surface area contributed by atoms with Gasteiger partial charge in [-0.3, -0.25) is 39.0 Å². The van der Waals surface area contributed by atoms with Crippen LogP contribution in [0.15, 0.2) is 41.3 Å². The van der Waals surface area contributed by atoms with Gasteiger partial charge in [-0.1, -0.05) is 6.07 Å². The van der Waals surface area contributed by atoms with Gasteiger partial charge < -0.3 is 38.2 Å². The summed E-state index contributed by atoms with van der Waals surface area (Å²) in [5, 5.41) is 2.19. The van der Waals surface area contributed by atoms with E-state index in [4.69, 9.17) is 18.9 Å². The first-order chi connectivity index (χ1) is 27.8. The number of amides is 5. The normalized spacial score (nSPS) is 16.5. The molecule has 16 heteroatoms. The predicted octanol–water partition coefficient (Wildman–Crippen LogP) is 2.22. The van der Waals surface area contributed by atoms with Crippen LogP contribution in [0.5, 0.6) is 17.2 Å². The first-order valence-corrected chi connectivity index (χ1v) is 19.5. The van der Waals surface area contributed by atoms with Crippen LogP contribution in [0.1, 0.15) is 63.1 Å². The second-order valence-corrected chi connectivity index (χ2v) is 15.1. The first kappa shape index (κ1) is 42.0. The van der Waals surface area contributed by atoms with Crippen LogP contribution in [-0.2, 0) is 45.7 Å². The number of aryl methyl sites for hydroxylation is 1. The molecule has 0 spiro atoms. The van der Waals surface area contributed by atoms with Crippen molar-refractivity contribution in [2.75, 3.05) is 74.8 Å². The van der Waals surface area contributed by atoms with Crippen LogP contribution in [0.25, 0.3) is 11.1 Å². The highest BCUT2D eigenvalue weighted by Crippen LogP contribution is 2.38. The van der Waals surface area contributed by atoms with Gasteiger partial charge in [0, 0.05) is 56.8 Å². The lowest BCUT2D eigenvalue weighted by molar-refractivity contribution is -0.136. The number of piperidine rings is 1. The Morgan fingerprint density at radius 1 is 0.879 bits per heavy atom. The van der Waals surface area contributed by atoms with Gasteiger partial charge in [-0.2, -0.15) is 0 Å². The summed E-state index contributed by atoms with van der Waals surface area (Å²) in [6.45, 7) is 3.46. The minimum atomic E-state index is -1.05. The Bertz CT molecular complexity index is 2120. The zero-order valence-electron chi connectivity index (χ0n) is 34.1. The van der Waals surface area contributed by atoms with Crippen LogP contribution in [0.2, 0.25) is 0 Å². The van der Waals surface area contributed by atoms with Crippen LogP contribution in [0, 0.1) is 0 Å². The number of carbonyl (C=O) groups excluding carboxylic acids is 5. The number of rotatable bonds is 17. The standard InChI is InChI=1S/C42H52N6O10/c1-44(2)23-31-34(55-5)21-26(22-35(31)56-6)29-24-46(4)40(52)30-25-47(16-14-27(29)30)37(50)11-8-15-45(3)17-18-57-19-20-58-33-10-7-9-28-38(33)42(54)48(41(28)53)32-12-13-36(49)43-39(32)51/h7,9-10,21-22,24,32H,8,11-20,23,25H2,1-6H3,(H,43,49,51). The second-order valence-electron chi connectivity index (χ2n) is 15.1. The molecular formula is C42H52N6O10. The average Bonchev–Trinajstić information content (AvgIpc) is 3.46. The van der Waals surface area contributed by atoms with Crippen molar-refractivity contribution in [3.05, 3.63) is 74.7 Å². The molecule has 0 bridgehead atoms. The van der Waals surface area contributed by atoms with Gasteiger partial charge in [-0.15, -0.1) is 0 Å². The number of imide groups is 2. The quantitative estimate of drug-likeness (QED) is 0.156. The number of likely N-dealkylation sites (N-methyl/N-ethyl adjacent to an activating group) is 1. The number of ether oxygens (including phenoxy) is 4. The van der Waals surface area contributed by atoms with Gasteiger partial charge in [0.2, 0.25) is 17.7 Å². The highest BCUT2D eigenvalue weighted by atomic mass is 16.5. The largest absolute Gasteiger partial charge is 0.496 e. The fourth-order valence-electron chi connectivity index (χ4n) is 7.78. The number of pyridine rings is 1. The molecule has 0 aliphatic carbocycles. The van der Waals surface area contributed by atoms with E-state index in [-0.39, 0.29) is 60.9 Å². The molecule has 310 valence electrons. The summed E-state index contributed by atoms with van der Waals surface area (Å²) in [6.07, 6.45) is 3.51. The third kappa shape index (κ3) is 8.93. The van der Waals surface area contributed by atoms with Crippen molar-refractivity contribution in [3.63, 3.8) is 0 Å². The van der Waals surface area contributed by atoms with Gasteiger partial charge in [0.25, 0.3) is 17.4 Å². The lowest BCUT2D eigenvalue weighted by Gasteiger charge is -2.30. The van der Waals surface area contributed by atoms with Crippen LogP contribution in [-0.4, -0.2) is 135 Å². The highest BCUT2D eigenvalue weighted by molar-refractivity contribution is 6.24. The number of nitrogens with one attached hydrogen (secondary N) is 1. The zero-order valence-corrected chi connectivity index (χ0v) is 34.1. The molecule has 3 aromatic rings. The molecule has 1 unspecified atom stereocenters. The van der Waals surface area contributed by atoms with Crippen molar-refractivity contribution in [2.24, 2.45) is 7.05 Å². The Morgan fingerprint density at radius 2 is 1.62 bits per heavy atom. The molecule has 0 radical (unpaired) electrons. The van der Waals surface area contributed by atoms with Gasteiger partial charge in [-0.25, -0.2) is 0 Å². The Morgan fingerprint density at radius 3 is 2.31 bits per heavy atom. The first-order valence-electron chi connectivity index (χ1n) is 19.5. The molecule has 58 heavy (non-hydrogen) atoms. The third-order valence-electron chi connectivity index (χ3n) is 10.8. The number of nitrogens with zero attached hydrogens (tertiary/aromatic N) is 5. The number of carbonyl (C=O) groups is 5. The van der Waals surface area contributed by atoms with Crippen LogP contribution >= 0.6 is 0 Å². The van der Waals surface area contributed by atoms with Crippen LogP contribution in [0.3, 0.4) is 0 Å². The Labute approximate surface area is 337 Å². The summed E-state index contributed by atoms with van der Waals surface area (Å²) >= 11 is 0. The maximum atomic E-state index is 13.4. The molecule has 6 rings (SSSR count). The molecule has 0 saturated carbocycles. The third-order valence-corrected chi connectivity index (χ3v) is 10.8. The number of hydrogen-bond acceptors (Lipinski definition) is 12. The maximum Gasteiger partial charge on any atom is 0.266 e. The maximum absolute atomic E-state index is 13.4. The number of hydrogen-bond donors (Lipinski definition) is 1. The van der Waals surface area contributed by atoms with E-state index in [1.807, 2.05) is 44.4 Å². The number of aromatic nitrogens is 1. The lowest BCUT2D eigenvalue weighted by Crippen LogP contribution is -2.54. The molecular weight excluding hydrogens is 748 g/mol. The van der Waals surface area contributed by atoms with E-state index in [0.29, 0.717) is 69.1 Å². The fourth-order valence-corrected chi connectivity index (χ4v) is 7.78. The molecule has 1 N–H and O–H groups in total. The average molecular weight is 801 g/mol. The minimum Gasteiger partial charge on any atom is -0.496 e. The van der Waals surface area contributed by atoms with Crippen molar-refractivity contribution in [3.8, 4) is 28.4 Å². The highest BCUT2D eigenvalue weighted by Gasteiger charge is 2.46. The molecule has 5 amide bonds. The van der Waals surface area contributed by atoms with E-state index in [1.54, 1.807) is 42.9 Å². The van der Waals surface area contributed by atoms with Crippen LogP contribution in [0.4, 0.5) is 0 Å². The molecule has 1 fully saturated rings. The van der Waals surface area contributed by atoms with E-state index in [2.05, 4.69) is 10.2 Å². The number of methoxy groups -OCH3 is 2. The van der Waals surface area contributed by atoms with Crippen molar-refractivity contribution >= 4 is 29.5 Å². The van der Waals surface area contributed by atoms with Gasteiger partial charge in [0.15, 0.2) is 0 Å². The number of fused-ring (bicyclic) bond motifs is 2. The Kier molecular flexibility index (Phi) is 13.3. The summed E-state index contributed by atoms with van der Waals surface area (Å²) in [5.41, 5.74) is 4.43. The lowest BCUT2D eigenvalue weighted by atomic mass is 9.91. The molecule has 16 nitrogen and oxygen atoms in total. The van der Waals surface area contributed by atoms with E-state index in [9.17, 15) is 28.8 Å². The summed E-state index contributed by atoms with van der Waals surface area (Å²) in [7, 11) is 10.9. The summed E-state index contributed by atoms with van der Waals surface area (Å²) < 4.78 is 24.7. The van der Waals surface area contributed by atoms with Crippen molar-refractivity contribution < 1.29 is 42.9 Å². The fraction of sp³-hybridized carbons (Fsp3) is 0.476. The minimum absolute atomic E-state index is 0.00379. The molecule has 1 saturated heterocycles. The predicted molar refractivity (Wildman–Crippen MR) is 213 cm³/mol. The van der Waals surface area contributed by atoms with Crippen LogP contribution < -0.4 is 25.1 Å². The van der Waals surface area contributed by atoms with E-state index in [0.717, 1.165) is 27.2 Å². The summed E-state index contributed by atoms with van der Waals surface area (Å²) in [4.78, 5) is 83.8. The monoisotopic (exact) mass is 800 g/mol. The Balaban J connectivity index is 0.952. The smallest absolute Gasteiger partial charge is 0.266 e. The molecule has 1 aromatic heterocycles. The van der Waals surface area contributed by atoms with Crippen molar-refractivity contribution in [1.82, 2.24) is 29.5 Å². The second kappa shape index (κ2) is 18.3. The van der Waals surface area contributed by atoms with E-state index < -0.39 is 29.7 Å². The molecule has 3 aliphatic rings. The van der Waals surface area contributed by atoms with Gasteiger partial charge in [-0.05, 0) is 82.3 Å². The Hall–Kier alpha value is -5.58. The van der Waals surface area contributed by atoms with Gasteiger partial charge in [0.1, 0.15) is 29.9 Å². The molecule has 4 heterocycles. The number of benzene rings is 2. The van der Waals surface area contributed by atoms with Crippen molar-refractivity contribution in [1.29, 1.82) is 0 Å². The topological polar surface area (TPSA) is 169 Å².